The minimum Gasteiger partial charge on any atom is -0.490 e. The lowest BCUT2D eigenvalue weighted by Gasteiger charge is -2.14. The molecule has 0 aromatic heterocycles. The SMILES string of the molecule is O=C(NC[C@H]1CCCO1)/C(=C/c1ccc(OCCOc2ccccc2F)cc1)NC(=O)c1ccccc1. The van der Waals surface area contributed by atoms with Gasteiger partial charge < -0.3 is 24.8 Å². The second-order valence-corrected chi connectivity index (χ2v) is 8.42. The van der Waals surface area contributed by atoms with E-state index in [1.54, 1.807) is 72.8 Å². The number of carbonyl (C=O) groups excluding carboxylic acids is 2. The molecular weight excluding hydrogens is 475 g/mol. The summed E-state index contributed by atoms with van der Waals surface area (Å²) < 4.78 is 30.2. The summed E-state index contributed by atoms with van der Waals surface area (Å²) in [7, 11) is 0. The summed E-state index contributed by atoms with van der Waals surface area (Å²) in [6.07, 6.45) is 3.45. The van der Waals surface area contributed by atoms with E-state index in [9.17, 15) is 14.0 Å². The molecular formula is C29H29FN2O5. The fraction of sp³-hybridized carbons (Fsp3) is 0.241. The molecule has 192 valence electrons. The quantitative estimate of drug-likeness (QED) is 0.300. The van der Waals surface area contributed by atoms with Crippen molar-refractivity contribution in [3.05, 3.63) is 102 Å². The van der Waals surface area contributed by atoms with Crippen LogP contribution in [0.4, 0.5) is 4.39 Å². The molecule has 3 aromatic carbocycles. The Morgan fingerprint density at radius 1 is 0.946 bits per heavy atom. The molecule has 1 saturated heterocycles. The maximum absolute atomic E-state index is 13.6. The van der Waals surface area contributed by atoms with Crippen molar-refractivity contribution in [1.82, 2.24) is 10.6 Å². The third kappa shape index (κ3) is 7.91. The van der Waals surface area contributed by atoms with Gasteiger partial charge in [-0.05, 0) is 60.9 Å². The summed E-state index contributed by atoms with van der Waals surface area (Å²) in [6, 6.07) is 21.9. The van der Waals surface area contributed by atoms with Crippen molar-refractivity contribution in [2.75, 3.05) is 26.4 Å². The molecule has 8 heteroatoms. The number of amides is 2. The lowest BCUT2D eigenvalue weighted by molar-refractivity contribution is -0.118. The van der Waals surface area contributed by atoms with Crippen LogP contribution in [-0.2, 0) is 9.53 Å². The van der Waals surface area contributed by atoms with Crippen molar-refractivity contribution in [3.63, 3.8) is 0 Å². The topological polar surface area (TPSA) is 85.9 Å². The molecule has 1 aliphatic heterocycles. The van der Waals surface area contributed by atoms with E-state index >= 15 is 0 Å². The van der Waals surface area contributed by atoms with Crippen molar-refractivity contribution in [1.29, 1.82) is 0 Å². The second-order valence-electron chi connectivity index (χ2n) is 8.42. The first-order valence-electron chi connectivity index (χ1n) is 12.2. The van der Waals surface area contributed by atoms with Crippen LogP contribution < -0.4 is 20.1 Å². The number of ether oxygens (including phenoxy) is 3. The highest BCUT2D eigenvalue weighted by atomic mass is 19.1. The lowest BCUT2D eigenvalue weighted by atomic mass is 10.1. The smallest absolute Gasteiger partial charge is 0.267 e. The second kappa shape index (κ2) is 13.2. The monoisotopic (exact) mass is 504 g/mol. The zero-order chi connectivity index (χ0) is 25.9. The van der Waals surface area contributed by atoms with Gasteiger partial charge >= 0.3 is 0 Å². The summed E-state index contributed by atoms with van der Waals surface area (Å²) in [5.41, 5.74) is 1.27. The van der Waals surface area contributed by atoms with Crippen LogP contribution in [0.2, 0.25) is 0 Å². The van der Waals surface area contributed by atoms with Crippen molar-refractivity contribution in [2.24, 2.45) is 0 Å². The molecule has 0 bridgehead atoms. The highest BCUT2D eigenvalue weighted by Gasteiger charge is 2.19. The molecule has 1 fully saturated rings. The fourth-order valence-corrected chi connectivity index (χ4v) is 3.75. The number of rotatable bonds is 11. The molecule has 1 aliphatic rings. The Kier molecular flexibility index (Phi) is 9.26. The Morgan fingerprint density at radius 3 is 2.41 bits per heavy atom. The third-order valence-electron chi connectivity index (χ3n) is 5.68. The van der Waals surface area contributed by atoms with E-state index in [2.05, 4.69) is 10.6 Å². The molecule has 2 amide bonds. The van der Waals surface area contributed by atoms with Crippen LogP contribution >= 0.6 is 0 Å². The zero-order valence-electron chi connectivity index (χ0n) is 20.3. The normalized spacial score (nSPS) is 15.2. The molecule has 0 saturated carbocycles. The Bertz CT molecular complexity index is 1210. The predicted octanol–water partition coefficient (Wildman–Crippen LogP) is 4.35. The van der Waals surface area contributed by atoms with Gasteiger partial charge in [0.25, 0.3) is 11.8 Å². The standard InChI is InChI=1S/C29H29FN2O5/c30-25-10-4-5-11-27(25)37-18-17-36-23-14-12-21(13-15-23)19-26(29(34)31-20-24-9-6-16-35-24)32-28(33)22-7-2-1-3-8-22/h1-5,7-8,10-15,19,24H,6,9,16-18,20H2,(H,31,34)(H,32,33)/b26-19-/t24-/m1/s1. The van der Waals surface area contributed by atoms with Crippen LogP contribution in [0.15, 0.2) is 84.6 Å². The molecule has 37 heavy (non-hydrogen) atoms. The zero-order valence-corrected chi connectivity index (χ0v) is 20.3. The van der Waals surface area contributed by atoms with Gasteiger partial charge in [-0.1, -0.05) is 42.5 Å². The Balaban J connectivity index is 1.37. The lowest BCUT2D eigenvalue weighted by Crippen LogP contribution is -2.38. The molecule has 4 rings (SSSR count). The van der Waals surface area contributed by atoms with Crippen molar-refractivity contribution < 1.29 is 28.2 Å². The molecule has 0 spiro atoms. The summed E-state index contributed by atoms with van der Waals surface area (Å²) in [5, 5.41) is 5.58. The molecule has 1 atom stereocenters. The molecule has 0 aliphatic carbocycles. The fourth-order valence-electron chi connectivity index (χ4n) is 3.75. The number of carbonyl (C=O) groups is 2. The molecule has 2 N–H and O–H groups in total. The van der Waals surface area contributed by atoms with E-state index in [1.165, 1.54) is 6.07 Å². The first kappa shape index (κ1) is 25.9. The van der Waals surface area contributed by atoms with E-state index in [0.29, 0.717) is 30.0 Å². The molecule has 7 nitrogen and oxygen atoms in total. The average Bonchev–Trinajstić information content (AvgIpc) is 3.45. The Morgan fingerprint density at radius 2 is 1.68 bits per heavy atom. The largest absolute Gasteiger partial charge is 0.490 e. The Labute approximate surface area is 215 Å². The summed E-state index contributed by atoms with van der Waals surface area (Å²) in [5.74, 6) is -0.436. The van der Waals surface area contributed by atoms with E-state index in [0.717, 1.165) is 12.8 Å². The first-order valence-corrected chi connectivity index (χ1v) is 12.2. The van der Waals surface area contributed by atoms with E-state index in [4.69, 9.17) is 14.2 Å². The predicted molar refractivity (Wildman–Crippen MR) is 138 cm³/mol. The van der Waals surface area contributed by atoms with Crippen molar-refractivity contribution >= 4 is 17.9 Å². The van der Waals surface area contributed by atoms with Gasteiger partial charge in [-0.2, -0.15) is 0 Å². The van der Waals surface area contributed by atoms with Gasteiger partial charge in [0.15, 0.2) is 11.6 Å². The molecule has 0 radical (unpaired) electrons. The number of halogens is 1. The minimum atomic E-state index is -0.423. The van der Waals surface area contributed by atoms with Crippen molar-refractivity contribution in [2.45, 2.75) is 18.9 Å². The Hall–Kier alpha value is -4.17. The number of benzene rings is 3. The van der Waals surface area contributed by atoms with Crippen LogP contribution in [0, 0.1) is 5.82 Å². The van der Waals surface area contributed by atoms with E-state index in [1.807, 2.05) is 6.07 Å². The third-order valence-corrected chi connectivity index (χ3v) is 5.68. The molecule has 0 unspecified atom stereocenters. The average molecular weight is 505 g/mol. The maximum Gasteiger partial charge on any atom is 0.267 e. The number of hydrogen-bond donors (Lipinski definition) is 2. The van der Waals surface area contributed by atoms with Gasteiger partial charge in [0.1, 0.15) is 24.7 Å². The number of nitrogens with one attached hydrogen (secondary N) is 2. The number of para-hydroxylation sites is 1. The van der Waals surface area contributed by atoms with Crippen LogP contribution in [0.5, 0.6) is 11.5 Å². The van der Waals surface area contributed by atoms with E-state index in [-0.39, 0.29) is 36.7 Å². The van der Waals surface area contributed by atoms with Gasteiger partial charge in [0.2, 0.25) is 0 Å². The molecule has 3 aromatic rings. The minimum absolute atomic E-state index is 0.0196. The van der Waals surface area contributed by atoms with Gasteiger partial charge in [-0.15, -0.1) is 0 Å². The number of hydrogen-bond acceptors (Lipinski definition) is 5. The van der Waals surface area contributed by atoms with E-state index < -0.39 is 11.7 Å². The summed E-state index contributed by atoms with van der Waals surface area (Å²) in [4.78, 5) is 25.7. The highest BCUT2D eigenvalue weighted by molar-refractivity contribution is 6.05. The van der Waals surface area contributed by atoms with Gasteiger partial charge in [0, 0.05) is 18.7 Å². The van der Waals surface area contributed by atoms with Crippen LogP contribution in [0.3, 0.4) is 0 Å². The summed E-state index contributed by atoms with van der Waals surface area (Å²) >= 11 is 0. The van der Waals surface area contributed by atoms with Crippen LogP contribution in [0.1, 0.15) is 28.8 Å². The van der Waals surface area contributed by atoms with Gasteiger partial charge in [0.05, 0.1) is 6.10 Å². The first-order chi connectivity index (χ1) is 18.1. The highest BCUT2D eigenvalue weighted by Crippen LogP contribution is 2.17. The molecule has 1 heterocycles. The van der Waals surface area contributed by atoms with Gasteiger partial charge in [-0.25, -0.2) is 4.39 Å². The summed E-state index contributed by atoms with van der Waals surface area (Å²) in [6.45, 7) is 1.48. The van der Waals surface area contributed by atoms with Gasteiger partial charge in [-0.3, -0.25) is 9.59 Å². The van der Waals surface area contributed by atoms with Crippen LogP contribution in [0.25, 0.3) is 6.08 Å². The van der Waals surface area contributed by atoms with Crippen molar-refractivity contribution in [3.8, 4) is 11.5 Å². The maximum atomic E-state index is 13.6. The van der Waals surface area contributed by atoms with Crippen LogP contribution in [-0.4, -0.2) is 44.3 Å².